The van der Waals surface area contributed by atoms with Crippen LogP contribution in [0.5, 0.6) is 0 Å². The molecule has 1 aliphatic heterocycles. The van der Waals surface area contributed by atoms with Crippen LogP contribution in [0.4, 0.5) is 0 Å². The van der Waals surface area contributed by atoms with Crippen molar-refractivity contribution in [3.63, 3.8) is 0 Å². The van der Waals surface area contributed by atoms with Gasteiger partial charge in [0.2, 0.25) is 0 Å². The summed E-state index contributed by atoms with van der Waals surface area (Å²) in [5.74, 6) is 0. The van der Waals surface area contributed by atoms with E-state index in [0.717, 1.165) is 44.1 Å². The lowest BCUT2D eigenvalue weighted by atomic mass is 9.80. The van der Waals surface area contributed by atoms with E-state index < -0.39 is 0 Å². The summed E-state index contributed by atoms with van der Waals surface area (Å²) >= 11 is 0. The van der Waals surface area contributed by atoms with Crippen LogP contribution in [0.15, 0.2) is 95.8 Å². The van der Waals surface area contributed by atoms with Crippen LogP contribution >= 0.6 is 0 Å². The average Bonchev–Trinajstić information content (AvgIpc) is 2.97. The zero-order valence-corrected chi connectivity index (χ0v) is 19.4. The van der Waals surface area contributed by atoms with Crippen LogP contribution in [-0.4, -0.2) is 14.4 Å². The molecule has 2 aliphatic rings. The van der Waals surface area contributed by atoms with Crippen LogP contribution in [0.3, 0.4) is 0 Å². The molecule has 0 atom stereocenters. The smallest absolute Gasteiger partial charge is 0.0653 e. The second-order valence-corrected chi connectivity index (χ2v) is 9.21. The minimum absolute atomic E-state index is 0.0140. The Labute approximate surface area is 186 Å². The van der Waals surface area contributed by atoms with E-state index in [1.54, 1.807) is 0 Å². The SMILES string of the molecule is [B]CCCC1=C(C=C)C(C)(C)C(/C=C/C=C/C=C2\NCCC/C=C\C(=C)C2(C)C)=C1. The molecule has 0 bridgehead atoms. The maximum absolute atomic E-state index is 5.71. The predicted octanol–water partition coefficient (Wildman–Crippen LogP) is 7.32. The summed E-state index contributed by atoms with van der Waals surface area (Å²) in [7, 11) is 5.71. The van der Waals surface area contributed by atoms with Gasteiger partial charge in [0.15, 0.2) is 0 Å². The van der Waals surface area contributed by atoms with E-state index in [9.17, 15) is 0 Å². The van der Waals surface area contributed by atoms with Gasteiger partial charge in [-0.2, -0.15) is 0 Å². The first-order chi connectivity index (χ1) is 14.2. The molecule has 0 amide bonds. The molecule has 1 heterocycles. The molecule has 30 heavy (non-hydrogen) atoms. The van der Waals surface area contributed by atoms with Crippen molar-refractivity contribution in [3.8, 4) is 0 Å². The van der Waals surface area contributed by atoms with E-state index in [1.165, 1.54) is 22.4 Å². The number of hydrogen-bond acceptors (Lipinski definition) is 1. The molecule has 0 spiro atoms. The fourth-order valence-corrected chi connectivity index (χ4v) is 4.06. The largest absolute Gasteiger partial charge is 0.388 e. The summed E-state index contributed by atoms with van der Waals surface area (Å²) in [4.78, 5) is 0. The topological polar surface area (TPSA) is 12.0 Å². The van der Waals surface area contributed by atoms with E-state index in [0.29, 0.717) is 0 Å². The Kier molecular flexibility index (Phi) is 8.59. The predicted molar refractivity (Wildman–Crippen MR) is 135 cm³/mol. The van der Waals surface area contributed by atoms with Gasteiger partial charge in [-0.15, -0.1) is 0 Å². The summed E-state index contributed by atoms with van der Waals surface area (Å²) in [6.45, 7) is 18.3. The fourth-order valence-electron chi connectivity index (χ4n) is 4.06. The lowest BCUT2D eigenvalue weighted by Gasteiger charge is -2.29. The molecule has 0 aromatic carbocycles. The van der Waals surface area contributed by atoms with Gasteiger partial charge >= 0.3 is 0 Å². The van der Waals surface area contributed by atoms with Crippen LogP contribution < -0.4 is 5.32 Å². The number of allylic oxidation sites excluding steroid dienone is 13. The van der Waals surface area contributed by atoms with Crippen LogP contribution in [0, 0.1) is 10.8 Å². The van der Waals surface area contributed by atoms with Crippen LogP contribution in [0.25, 0.3) is 0 Å². The molecule has 0 saturated heterocycles. The van der Waals surface area contributed by atoms with Crippen molar-refractivity contribution in [1.82, 2.24) is 5.32 Å². The summed E-state index contributed by atoms with van der Waals surface area (Å²) in [5.41, 5.74) is 6.24. The average molecular weight is 399 g/mol. The number of hydrogen-bond donors (Lipinski definition) is 1. The van der Waals surface area contributed by atoms with Gasteiger partial charge in [0.05, 0.1) is 7.85 Å². The Morgan fingerprint density at radius 2 is 1.90 bits per heavy atom. The Morgan fingerprint density at radius 3 is 2.60 bits per heavy atom. The molecular formula is C28H38BN. The molecule has 158 valence electrons. The zero-order valence-electron chi connectivity index (χ0n) is 19.4. The fraction of sp³-hybridized carbons (Fsp3) is 0.429. The maximum Gasteiger partial charge on any atom is 0.0653 e. The molecule has 2 radical (unpaired) electrons. The second kappa shape index (κ2) is 10.7. The minimum Gasteiger partial charge on any atom is -0.388 e. The molecule has 0 saturated carbocycles. The quantitative estimate of drug-likeness (QED) is 0.349. The number of rotatable bonds is 7. The molecule has 0 fully saturated rings. The summed E-state index contributed by atoms with van der Waals surface area (Å²) in [5, 5.41) is 3.61. The first-order valence-electron chi connectivity index (χ1n) is 11.2. The van der Waals surface area contributed by atoms with Crippen LogP contribution in [0.1, 0.15) is 53.4 Å². The highest BCUT2D eigenvalue weighted by atomic mass is 14.9. The van der Waals surface area contributed by atoms with E-state index in [4.69, 9.17) is 7.85 Å². The zero-order chi connectivity index (χ0) is 22.2. The van der Waals surface area contributed by atoms with Gasteiger partial charge in [-0.1, -0.05) is 102 Å². The van der Waals surface area contributed by atoms with E-state index in [-0.39, 0.29) is 10.8 Å². The van der Waals surface area contributed by atoms with Gasteiger partial charge in [0.25, 0.3) is 0 Å². The molecular weight excluding hydrogens is 361 g/mol. The van der Waals surface area contributed by atoms with Gasteiger partial charge in [-0.05, 0) is 47.6 Å². The Hall–Kier alpha value is -2.22. The van der Waals surface area contributed by atoms with Gasteiger partial charge in [0, 0.05) is 23.1 Å². The third-order valence-electron chi connectivity index (χ3n) is 6.34. The molecule has 0 aromatic heterocycles. The van der Waals surface area contributed by atoms with Crippen LogP contribution in [-0.2, 0) is 0 Å². The lowest BCUT2D eigenvalue weighted by Crippen LogP contribution is -2.28. The molecule has 1 aliphatic carbocycles. The van der Waals surface area contributed by atoms with Crippen molar-refractivity contribution in [2.45, 2.75) is 59.7 Å². The van der Waals surface area contributed by atoms with Crippen LogP contribution in [0.2, 0.25) is 6.32 Å². The molecule has 1 nitrogen and oxygen atoms in total. The normalized spacial score (nSPS) is 23.9. The molecule has 0 aromatic rings. The van der Waals surface area contributed by atoms with Crippen molar-refractivity contribution in [1.29, 1.82) is 0 Å². The van der Waals surface area contributed by atoms with E-state index >= 15 is 0 Å². The molecule has 0 unspecified atom stereocenters. The first-order valence-corrected chi connectivity index (χ1v) is 11.2. The highest BCUT2D eigenvalue weighted by Crippen LogP contribution is 2.45. The monoisotopic (exact) mass is 399 g/mol. The Balaban J connectivity index is 2.14. The maximum atomic E-state index is 5.71. The molecule has 2 rings (SSSR count). The third kappa shape index (κ3) is 5.68. The highest BCUT2D eigenvalue weighted by molar-refractivity contribution is 6.08. The number of nitrogens with one attached hydrogen (secondary N) is 1. The van der Waals surface area contributed by atoms with Crippen molar-refractivity contribution in [2.24, 2.45) is 10.8 Å². The van der Waals surface area contributed by atoms with Gasteiger partial charge in [-0.25, -0.2) is 0 Å². The summed E-state index contributed by atoms with van der Waals surface area (Å²) < 4.78 is 0. The first kappa shape index (κ1) is 24.1. The third-order valence-corrected chi connectivity index (χ3v) is 6.34. The van der Waals surface area contributed by atoms with Gasteiger partial charge in [0.1, 0.15) is 0 Å². The van der Waals surface area contributed by atoms with Crippen molar-refractivity contribution < 1.29 is 0 Å². The minimum atomic E-state index is -0.106. The summed E-state index contributed by atoms with van der Waals surface area (Å²) in [6, 6.07) is 0. The highest BCUT2D eigenvalue weighted by Gasteiger charge is 2.31. The summed E-state index contributed by atoms with van der Waals surface area (Å²) in [6.07, 6.45) is 24.5. The van der Waals surface area contributed by atoms with Crippen molar-refractivity contribution >= 4 is 7.85 Å². The standard InChI is InChI=1S/C28H38BN/c1-7-25-23(16-14-19-29)21-24(28(25,5)6)17-11-8-12-18-26-27(3,4)22(2)15-10-9-13-20-30-26/h7-8,10-12,15,17-18,21,30H,1-2,9,13-14,16,19-20H2,3-6H3/b12-8+,15-10-,17-11+,26-18-. The van der Waals surface area contributed by atoms with Gasteiger partial charge in [-0.3, -0.25) is 0 Å². The Bertz CT molecular complexity index is 825. The molecule has 2 heteroatoms. The van der Waals surface area contributed by atoms with Crippen molar-refractivity contribution in [2.75, 3.05) is 6.54 Å². The van der Waals surface area contributed by atoms with E-state index in [2.05, 4.69) is 94.8 Å². The lowest BCUT2D eigenvalue weighted by molar-refractivity contribution is 0.502. The Morgan fingerprint density at radius 1 is 1.13 bits per heavy atom. The second-order valence-electron chi connectivity index (χ2n) is 9.21. The molecule has 1 N–H and O–H groups in total. The van der Waals surface area contributed by atoms with Crippen molar-refractivity contribution in [3.05, 3.63) is 95.8 Å². The van der Waals surface area contributed by atoms with Gasteiger partial charge < -0.3 is 5.32 Å². The van der Waals surface area contributed by atoms with E-state index in [1.807, 2.05) is 6.08 Å².